The number of carbonyl (C=O) groups excluding carboxylic acids is 2. The van der Waals surface area contributed by atoms with Crippen LogP contribution in [0.4, 0.5) is 11.4 Å². The average molecular weight is 478 g/mol. The lowest BCUT2D eigenvalue weighted by molar-refractivity contribution is -0.142. The molecule has 34 heavy (non-hydrogen) atoms. The number of anilines is 2. The quantitative estimate of drug-likeness (QED) is 0.424. The highest BCUT2D eigenvalue weighted by Gasteiger charge is 2.31. The van der Waals surface area contributed by atoms with E-state index >= 15 is 0 Å². The molecule has 0 saturated carbocycles. The van der Waals surface area contributed by atoms with Crippen LogP contribution in [0.15, 0.2) is 66.0 Å². The highest BCUT2D eigenvalue weighted by atomic mass is 32.1. The monoisotopic (exact) mass is 477 g/mol. The normalized spacial score (nSPS) is 12.2. The molecule has 0 aliphatic carbocycles. The predicted molar refractivity (Wildman–Crippen MR) is 142 cm³/mol. The van der Waals surface area contributed by atoms with Crippen molar-refractivity contribution in [2.24, 2.45) is 5.41 Å². The third kappa shape index (κ3) is 6.48. The molecule has 1 aromatic heterocycles. The molecule has 0 unspecified atom stereocenters. The van der Waals surface area contributed by atoms with Crippen molar-refractivity contribution in [2.75, 3.05) is 24.3 Å². The zero-order valence-corrected chi connectivity index (χ0v) is 21.8. The minimum atomic E-state index is -0.520. The Hall–Kier alpha value is -3.12. The van der Waals surface area contributed by atoms with Gasteiger partial charge in [0.2, 0.25) is 11.8 Å². The molecule has 0 bridgehead atoms. The number of carbonyl (C=O) groups is 2. The number of nitrogens with one attached hydrogen (secondary N) is 1. The van der Waals surface area contributed by atoms with Gasteiger partial charge in [0, 0.05) is 42.3 Å². The lowest BCUT2D eigenvalue weighted by Crippen LogP contribution is -2.40. The molecule has 5 nitrogen and oxygen atoms in total. The summed E-state index contributed by atoms with van der Waals surface area (Å²) in [4.78, 5) is 31.1. The minimum absolute atomic E-state index is 0.0497. The maximum absolute atomic E-state index is 13.5. The fourth-order valence-electron chi connectivity index (χ4n) is 3.91. The van der Waals surface area contributed by atoms with Gasteiger partial charge < -0.3 is 15.1 Å². The van der Waals surface area contributed by atoms with Gasteiger partial charge in [-0.05, 0) is 47.7 Å². The SMILES string of the molecule is C[C@H](c1ccccc1)N(Cc1cc(NC(=O)Cc2cccs2)ccc1N(C)C)C(=O)C(C)(C)C. The highest BCUT2D eigenvalue weighted by molar-refractivity contribution is 7.10. The van der Waals surface area contributed by atoms with Gasteiger partial charge >= 0.3 is 0 Å². The van der Waals surface area contributed by atoms with Gasteiger partial charge in [-0.2, -0.15) is 0 Å². The van der Waals surface area contributed by atoms with Crippen LogP contribution in [0, 0.1) is 5.41 Å². The van der Waals surface area contributed by atoms with Crippen LogP contribution in [0.25, 0.3) is 0 Å². The van der Waals surface area contributed by atoms with E-state index in [-0.39, 0.29) is 17.9 Å². The van der Waals surface area contributed by atoms with E-state index in [2.05, 4.69) is 24.4 Å². The molecule has 0 aliphatic rings. The molecule has 0 saturated heterocycles. The van der Waals surface area contributed by atoms with E-state index in [1.54, 1.807) is 11.3 Å². The molecule has 0 radical (unpaired) electrons. The molecular formula is C28H35N3O2S. The maximum atomic E-state index is 13.5. The number of thiophene rings is 1. The second-order valence-corrected chi connectivity index (χ2v) is 10.8. The average Bonchev–Trinajstić information content (AvgIpc) is 3.29. The predicted octanol–water partition coefficient (Wildman–Crippen LogP) is 6.13. The summed E-state index contributed by atoms with van der Waals surface area (Å²) in [5.74, 6) is 0.0342. The van der Waals surface area contributed by atoms with E-state index in [9.17, 15) is 9.59 Å². The summed E-state index contributed by atoms with van der Waals surface area (Å²) in [5.41, 5.74) is 3.31. The first-order chi connectivity index (χ1) is 16.1. The summed E-state index contributed by atoms with van der Waals surface area (Å²) in [5, 5.41) is 5.00. The van der Waals surface area contributed by atoms with Gasteiger partial charge in [-0.1, -0.05) is 57.2 Å². The van der Waals surface area contributed by atoms with Crippen molar-refractivity contribution >= 4 is 34.5 Å². The van der Waals surface area contributed by atoms with Crippen LogP contribution in [-0.2, 0) is 22.6 Å². The number of hydrogen-bond acceptors (Lipinski definition) is 4. The van der Waals surface area contributed by atoms with Crippen molar-refractivity contribution < 1.29 is 9.59 Å². The fraction of sp³-hybridized carbons (Fsp3) is 0.357. The Balaban J connectivity index is 1.92. The summed E-state index contributed by atoms with van der Waals surface area (Å²) >= 11 is 1.57. The van der Waals surface area contributed by atoms with E-state index in [4.69, 9.17) is 0 Å². The Kier molecular flexibility index (Phi) is 8.15. The first-order valence-corrected chi connectivity index (χ1v) is 12.4. The molecule has 3 rings (SSSR count). The molecule has 0 spiro atoms. The number of amides is 2. The molecule has 0 fully saturated rings. The van der Waals surface area contributed by atoms with E-state index in [1.807, 2.05) is 98.6 Å². The largest absolute Gasteiger partial charge is 0.377 e. The first kappa shape index (κ1) is 25.5. The zero-order chi connectivity index (χ0) is 24.9. The lowest BCUT2D eigenvalue weighted by Gasteiger charge is -2.35. The van der Waals surface area contributed by atoms with E-state index in [0.29, 0.717) is 13.0 Å². The van der Waals surface area contributed by atoms with Crippen molar-refractivity contribution in [3.8, 4) is 0 Å². The second kappa shape index (κ2) is 10.9. The van der Waals surface area contributed by atoms with Crippen molar-refractivity contribution in [3.05, 3.63) is 82.0 Å². The van der Waals surface area contributed by atoms with Crippen LogP contribution >= 0.6 is 11.3 Å². The third-order valence-electron chi connectivity index (χ3n) is 5.75. The standard InChI is InChI=1S/C28H35N3O2S/c1-20(21-11-8-7-9-12-21)31(27(33)28(2,3)4)19-22-17-23(14-15-25(22)30(5)6)29-26(32)18-24-13-10-16-34-24/h7-17,20H,18-19H2,1-6H3,(H,29,32)/t20-/m1/s1. The van der Waals surface area contributed by atoms with Crippen molar-refractivity contribution in [1.82, 2.24) is 4.90 Å². The van der Waals surface area contributed by atoms with Gasteiger partial charge in [0.1, 0.15) is 0 Å². The third-order valence-corrected chi connectivity index (χ3v) is 6.63. The lowest BCUT2D eigenvalue weighted by atomic mass is 9.92. The summed E-state index contributed by atoms with van der Waals surface area (Å²) in [6.45, 7) is 8.37. The van der Waals surface area contributed by atoms with Crippen LogP contribution in [0.2, 0.25) is 0 Å². The number of nitrogens with zero attached hydrogens (tertiary/aromatic N) is 2. The van der Waals surface area contributed by atoms with Crippen molar-refractivity contribution in [2.45, 2.75) is 46.7 Å². The highest BCUT2D eigenvalue weighted by Crippen LogP contribution is 2.32. The van der Waals surface area contributed by atoms with Gasteiger partial charge in [-0.3, -0.25) is 9.59 Å². The Morgan fingerprint density at radius 1 is 1.00 bits per heavy atom. The van der Waals surface area contributed by atoms with Crippen LogP contribution in [0.5, 0.6) is 0 Å². The first-order valence-electron chi connectivity index (χ1n) is 11.5. The van der Waals surface area contributed by atoms with Crippen LogP contribution in [0.3, 0.4) is 0 Å². The van der Waals surface area contributed by atoms with E-state index in [0.717, 1.165) is 27.4 Å². The molecular weight excluding hydrogens is 442 g/mol. The zero-order valence-electron chi connectivity index (χ0n) is 21.0. The van der Waals surface area contributed by atoms with Crippen molar-refractivity contribution in [1.29, 1.82) is 0 Å². The van der Waals surface area contributed by atoms with E-state index in [1.165, 1.54) is 0 Å². The van der Waals surface area contributed by atoms with Gasteiger partial charge in [-0.25, -0.2) is 0 Å². The molecule has 0 aliphatic heterocycles. The van der Waals surface area contributed by atoms with Crippen molar-refractivity contribution in [3.63, 3.8) is 0 Å². The van der Waals surface area contributed by atoms with Crippen LogP contribution in [0.1, 0.15) is 49.7 Å². The molecule has 180 valence electrons. The van der Waals surface area contributed by atoms with Gasteiger partial charge in [0.05, 0.1) is 12.5 Å². The number of rotatable bonds is 8. The number of hydrogen-bond donors (Lipinski definition) is 1. The van der Waals surface area contributed by atoms with Crippen LogP contribution in [-0.4, -0.2) is 30.8 Å². The Morgan fingerprint density at radius 2 is 1.71 bits per heavy atom. The van der Waals surface area contributed by atoms with Gasteiger partial charge in [-0.15, -0.1) is 11.3 Å². The summed E-state index contributed by atoms with van der Waals surface area (Å²) in [7, 11) is 3.98. The Morgan fingerprint density at radius 3 is 2.29 bits per heavy atom. The number of benzene rings is 2. The minimum Gasteiger partial charge on any atom is -0.377 e. The van der Waals surface area contributed by atoms with Gasteiger partial charge in [0.25, 0.3) is 0 Å². The topological polar surface area (TPSA) is 52.7 Å². The molecule has 1 N–H and O–H groups in total. The summed E-state index contributed by atoms with van der Waals surface area (Å²) in [6.07, 6.45) is 0.349. The molecule has 2 aromatic carbocycles. The molecule has 1 heterocycles. The fourth-order valence-corrected chi connectivity index (χ4v) is 4.62. The van der Waals surface area contributed by atoms with Crippen LogP contribution < -0.4 is 10.2 Å². The Labute approximate surface area is 207 Å². The molecule has 6 heteroatoms. The summed E-state index contributed by atoms with van der Waals surface area (Å²) in [6, 6.07) is 19.8. The van der Waals surface area contributed by atoms with E-state index < -0.39 is 5.41 Å². The Bertz CT molecular complexity index is 1100. The second-order valence-electron chi connectivity index (χ2n) is 9.81. The van der Waals surface area contributed by atoms with Gasteiger partial charge in [0.15, 0.2) is 0 Å². The maximum Gasteiger partial charge on any atom is 0.229 e. The smallest absolute Gasteiger partial charge is 0.229 e. The molecule has 2 amide bonds. The summed E-state index contributed by atoms with van der Waals surface area (Å²) < 4.78 is 0. The molecule has 3 aromatic rings. The molecule has 1 atom stereocenters.